The van der Waals surface area contributed by atoms with Gasteiger partial charge in [-0.15, -0.1) is 0 Å². The molecule has 20 heavy (non-hydrogen) atoms. The molecule has 0 radical (unpaired) electrons. The Morgan fingerprint density at radius 1 is 0.750 bits per heavy atom. The Balaban J connectivity index is 1.84. The Morgan fingerprint density at radius 3 is 1.80 bits per heavy atom. The van der Waals surface area contributed by atoms with Crippen LogP contribution >= 0.6 is 22.6 Å². The molecule has 0 bridgehead atoms. The Bertz CT molecular complexity index is 329. The lowest BCUT2D eigenvalue weighted by molar-refractivity contribution is 0.00945. The van der Waals surface area contributed by atoms with E-state index in [1.54, 1.807) is 0 Å². The largest absolute Gasteiger partial charge is 0.491 e. The summed E-state index contributed by atoms with van der Waals surface area (Å²) >= 11 is 2.27. The second-order valence-corrected chi connectivity index (χ2v) is 5.39. The summed E-state index contributed by atoms with van der Waals surface area (Å²) in [6, 6.07) is 7.96. The van der Waals surface area contributed by atoms with Crippen LogP contribution in [0.15, 0.2) is 24.3 Å². The molecule has 0 saturated heterocycles. The maximum atomic E-state index is 5.54. The molecule has 0 aliphatic carbocycles. The second-order valence-electron chi connectivity index (χ2n) is 4.14. The van der Waals surface area contributed by atoms with Crippen LogP contribution in [0.25, 0.3) is 0 Å². The summed E-state index contributed by atoms with van der Waals surface area (Å²) in [5.41, 5.74) is 0. The molecule has 0 aromatic heterocycles. The molecular weight excluding hydrogens is 371 g/mol. The molecule has 0 aliphatic heterocycles. The molecule has 114 valence electrons. The molecule has 0 amide bonds. The molecule has 0 saturated carbocycles. The van der Waals surface area contributed by atoms with E-state index in [2.05, 4.69) is 29.5 Å². The van der Waals surface area contributed by atoms with Crippen molar-refractivity contribution in [2.75, 3.05) is 46.2 Å². The van der Waals surface area contributed by atoms with Gasteiger partial charge in [0.25, 0.3) is 0 Å². The minimum atomic E-state index is 0.556. The van der Waals surface area contributed by atoms with E-state index in [0.29, 0.717) is 39.6 Å². The van der Waals surface area contributed by atoms with Crippen molar-refractivity contribution in [3.05, 3.63) is 27.8 Å². The first kappa shape index (κ1) is 17.7. The predicted octanol–water partition coefficient (Wildman–Crippen LogP) is 3.13. The topological polar surface area (TPSA) is 36.9 Å². The van der Waals surface area contributed by atoms with Gasteiger partial charge in [0.15, 0.2) is 0 Å². The smallest absolute Gasteiger partial charge is 0.119 e. The Morgan fingerprint density at radius 2 is 1.25 bits per heavy atom. The number of rotatable bonds is 12. The first-order chi connectivity index (χ1) is 9.83. The van der Waals surface area contributed by atoms with Crippen LogP contribution in [0.5, 0.6) is 5.75 Å². The molecule has 1 aromatic rings. The SMILES string of the molecule is CCCOCCOCCOCCOc1ccc(I)cc1. The van der Waals surface area contributed by atoms with Crippen molar-refractivity contribution in [3.63, 3.8) is 0 Å². The van der Waals surface area contributed by atoms with Crippen molar-refractivity contribution in [2.45, 2.75) is 13.3 Å². The van der Waals surface area contributed by atoms with Crippen molar-refractivity contribution in [3.8, 4) is 5.75 Å². The Hall–Kier alpha value is -0.370. The maximum Gasteiger partial charge on any atom is 0.119 e. The summed E-state index contributed by atoms with van der Waals surface area (Å²) in [6.45, 7) is 6.49. The molecule has 1 aromatic carbocycles. The Kier molecular flexibility index (Phi) is 10.9. The van der Waals surface area contributed by atoms with Gasteiger partial charge in [-0.1, -0.05) is 6.92 Å². The lowest BCUT2D eigenvalue weighted by Crippen LogP contribution is -2.12. The van der Waals surface area contributed by atoms with Gasteiger partial charge in [-0.2, -0.15) is 0 Å². The summed E-state index contributed by atoms with van der Waals surface area (Å²) in [6.07, 6.45) is 1.05. The van der Waals surface area contributed by atoms with Crippen molar-refractivity contribution >= 4 is 22.6 Å². The first-order valence-corrected chi connectivity index (χ1v) is 8.02. The van der Waals surface area contributed by atoms with E-state index in [1.165, 1.54) is 3.57 Å². The number of ether oxygens (including phenoxy) is 4. The molecular formula is C15H23IO4. The quantitative estimate of drug-likeness (QED) is 0.403. The average Bonchev–Trinajstić information content (AvgIpc) is 2.47. The van der Waals surface area contributed by atoms with Gasteiger partial charge in [-0.3, -0.25) is 0 Å². The normalized spacial score (nSPS) is 10.7. The molecule has 4 nitrogen and oxygen atoms in total. The third kappa shape index (κ3) is 9.52. The second kappa shape index (κ2) is 12.4. The molecule has 0 atom stereocenters. The fourth-order valence-electron chi connectivity index (χ4n) is 1.44. The van der Waals surface area contributed by atoms with Gasteiger partial charge in [-0.25, -0.2) is 0 Å². The van der Waals surface area contributed by atoms with Crippen molar-refractivity contribution < 1.29 is 18.9 Å². The van der Waals surface area contributed by atoms with Crippen LogP contribution in [0.4, 0.5) is 0 Å². The minimum Gasteiger partial charge on any atom is -0.491 e. The highest BCUT2D eigenvalue weighted by atomic mass is 127. The number of hydrogen-bond acceptors (Lipinski definition) is 4. The zero-order valence-corrected chi connectivity index (χ0v) is 14.1. The van der Waals surface area contributed by atoms with Crippen LogP contribution in [0, 0.1) is 3.57 Å². The molecule has 0 N–H and O–H groups in total. The van der Waals surface area contributed by atoms with E-state index in [0.717, 1.165) is 18.8 Å². The van der Waals surface area contributed by atoms with Crippen molar-refractivity contribution in [1.82, 2.24) is 0 Å². The summed E-state index contributed by atoms with van der Waals surface area (Å²) in [5.74, 6) is 0.873. The van der Waals surface area contributed by atoms with Gasteiger partial charge in [0.1, 0.15) is 12.4 Å². The third-order valence-corrected chi connectivity index (χ3v) is 3.12. The van der Waals surface area contributed by atoms with Crippen LogP contribution in [-0.2, 0) is 14.2 Å². The molecule has 0 aliphatic rings. The highest BCUT2D eigenvalue weighted by molar-refractivity contribution is 14.1. The van der Waals surface area contributed by atoms with E-state index in [4.69, 9.17) is 18.9 Å². The lowest BCUT2D eigenvalue weighted by Gasteiger charge is -2.08. The Labute approximate surface area is 134 Å². The fraction of sp³-hybridized carbons (Fsp3) is 0.600. The van der Waals surface area contributed by atoms with E-state index in [1.807, 2.05) is 24.3 Å². The monoisotopic (exact) mass is 394 g/mol. The van der Waals surface area contributed by atoms with Gasteiger partial charge in [0.2, 0.25) is 0 Å². The molecule has 0 spiro atoms. The third-order valence-electron chi connectivity index (χ3n) is 2.40. The summed E-state index contributed by atoms with van der Waals surface area (Å²) < 4.78 is 22.8. The molecule has 0 unspecified atom stereocenters. The average molecular weight is 394 g/mol. The highest BCUT2D eigenvalue weighted by Gasteiger charge is 1.94. The van der Waals surface area contributed by atoms with Crippen LogP contribution in [0.2, 0.25) is 0 Å². The van der Waals surface area contributed by atoms with Crippen molar-refractivity contribution in [2.24, 2.45) is 0 Å². The van der Waals surface area contributed by atoms with Gasteiger partial charge < -0.3 is 18.9 Å². The van der Waals surface area contributed by atoms with Crippen molar-refractivity contribution in [1.29, 1.82) is 0 Å². The summed E-state index contributed by atoms with van der Waals surface area (Å²) in [5, 5.41) is 0. The lowest BCUT2D eigenvalue weighted by atomic mass is 10.3. The van der Waals surface area contributed by atoms with E-state index in [-0.39, 0.29) is 0 Å². The molecule has 0 heterocycles. The van der Waals surface area contributed by atoms with Gasteiger partial charge in [0.05, 0.1) is 33.0 Å². The van der Waals surface area contributed by atoms with Crippen LogP contribution in [0.3, 0.4) is 0 Å². The highest BCUT2D eigenvalue weighted by Crippen LogP contribution is 2.13. The molecule has 0 fully saturated rings. The standard InChI is InChI=1S/C15H23IO4/c1-2-7-17-8-9-18-10-11-19-12-13-20-15-5-3-14(16)4-6-15/h3-6H,2,7-13H2,1H3. The zero-order valence-electron chi connectivity index (χ0n) is 12.0. The van der Waals surface area contributed by atoms with Gasteiger partial charge >= 0.3 is 0 Å². The van der Waals surface area contributed by atoms with Crippen LogP contribution in [-0.4, -0.2) is 46.2 Å². The number of halogens is 1. The summed E-state index contributed by atoms with van der Waals surface area (Å²) in [7, 11) is 0. The number of hydrogen-bond donors (Lipinski definition) is 0. The minimum absolute atomic E-state index is 0.556. The van der Waals surface area contributed by atoms with Gasteiger partial charge in [0, 0.05) is 10.2 Å². The fourth-order valence-corrected chi connectivity index (χ4v) is 1.80. The molecule has 1 rings (SSSR count). The van der Waals surface area contributed by atoms with E-state index < -0.39 is 0 Å². The van der Waals surface area contributed by atoms with E-state index in [9.17, 15) is 0 Å². The summed E-state index contributed by atoms with van der Waals surface area (Å²) in [4.78, 5) is 0. The van der Waals surface area contributed by atoms with Crippen LogP contribution in [0.1, 0.15) is 13.3 Å². The maximum absolute atomic E-state index is 5.54. The van der Waals surface area contributed by atoms with Crippen LogP contribution < -0.4 is 4.74 Å². The van der Waals surface area contributed by atoms with E-state index >= 15 is 0 Å². The predicted molar refractivity (Wildman–Crippen MR) is 87.4 cm³/mol. The molecule has 5 heteroatoms. The number of benzene rings is 1. The first-order valence-electron chi connectivity index (χ1n) is 6.94. The zero-order chi connectivity index (χ0) is 14.5. The van der Waals surface area contributed by atoms with Gasteiger partial charge in [-0.05, 0) is 53.3 Å².